The molecule has 150 valence electrons. The van der Waals surface area contributed by atoms with E-state index < -0.39 is 5.56 Å². The van der Waals surface area contributed by atoms with Gasteiger partial charge in [-0.25, -0.2) is 4.39 Å². The number of fused-ring (bicyclic) bond motifs is 1. The number of nitrogens with one attached hydrogen (secondary N) is 1. The smallest absolute Gasteiger partial charge is 0.268 e. The molecule has 0 aliphatic carbocycles. The van der Waals surface area contributed by atoms with Crippen molar-refractivity contribution in [1.29, 1.82) is 0 Å². The number of hydrogen-bond acceptors (Lipinski definition) is 4. The average Bonchev–Trinajstić information content (AvgIpc) is 3.20. The van der Waals surface area contributed by atoms with Crippen LogP contribution in [0.3, 0.4) is 0 Å². The zero-order valence-corrected chi connectivity index (χ0v) is 16.3. The standard InChI is InChI=1S/C20H22FN3O3.ClH/c1-13-6-7-24(16-4-2-15(21)3-5-16)19(27)17(13)18(26)23-9-14-8-22-10-20(14,11-23)12-25;/h2-7,14,22,25H,8-12H2,1H3;1H/t14-,20+;/m0./s1. The molecule has 1 aromatic heterocycles. The zero-order chi connectivity index (χ0) is 19.2. The van der Waals surface area contributed by atoms with Crippen molar-refractivity contribution in [3.8, 4) is 5.69 Å². The minimum atomic E-state index is -0.417. The van der Waals surface area contributed by atoms with E-state index in [-0.39, 0.29) is 47.6 Å². The number of carbonyl (C=O) groups excluding carboxylic acids is 1. The summed E-state index contributed by atoms with van der Waals surface area (Å²) in [5.74, 6) is -0.507. The quantitative estimate of drug-likeness (QED) is 0.805. The van der Waals surface area contributed by atoms with E-state index in [4.69, 9.17) is 0 Å². The Labute approximate surface area is 168 Å². The molecule has 3 heterocycles. The lowest BCUT2D eigenvalue weighted by Crippen LogP contribution is -2.40. The molecule has 2 aliphatic rings. The maximum Gasteiger partial charge on any atom is 0.268 e. The van der Waals surface area contributed by atoms with Crippen LogP contribution in [0.4, 0.5) is 4.39 Å². The molecule has 6 nitrogen and oxygen atoms in total. The maximum absolute atomic E-state index is 13.2. The first-order valence-electron chi connectivity index (χ1n) is 9.04. The summed E-state index contributed by atoms with van der Waals surface area (Å²) in [6.07, 6.45) is 1.60. The molecular formula is C20H23ClFN3O3. The van der Waals surface area contributed by atoms with Gasteiger partial charge in [0.2, 0.25) is 0 Å². The van der Waals surface area contributed by atoms with Crippen LogP contribution in [0.1, 0.15) is 15.9 Å². The Hall–Kier alpha value is -2.22. The lowest BCUT2D eigenvalue weighted by molar-refractivity contribution is 0.0742. The molecule has 2 fully saturated rings. The summed E-state index contributed by atoms with van der Waals surface area (Å²) in [5, 5.41) is 13.1. The van der Waals surface area contributed by atoms with Gasteiger partial charge in [-0.15, -0.1) is 12.4 Å². The Morgan fingerprint density at radius 2 is 2.04 bits per heavy atom. The predicted molar refractivity (Wildman–Crippen MR) is 106 cm³/mol. The molecule has 0 bridgehead atoms. The number of aryl methyl sites for hydroxylation is 1. The second-order valence-electron chi connectivity index (χ2n) is 7.56. The van der Waals surface area contributed by atoms with Crippen molar-refractivity contribution in [3.05, 3.63) is 63.8 Å². The Balaban J connectivity index is 0.00000225. The van der Waals surface area contributed by atoms with Crippen LogP contribution in [0.25, 0.3) is 5.69 Å². The molecule has 2 atom stereocenters. The fraction of sp³-hybridized carbons (Fsp3) is 0.400. The fourth-order valence-electron chi connectivity index (χ4n) is 4.25. The van der Waals surface area contributed by atoms with E-state index in [1.54, 1.807) is 24.1 Å². The van der Waals surface area contributed by atoms with Crippen molar-refractivity contribution in [3.63, 3.8) is 0 Å². The van der Waals surface area contributed by atoms with Crippen LogP contribution in [-0.4, -0.2) is 53.3 Å². The molecule has 28 heavy (non-hydrogen) atoms. The Morgan fingerprint density at radius 1 is 1.32 bits per heavy atom. The van der Waals surface area contributed by atoms with Gasteiger partial charge in [0.05, 0.1) is 6.61 Å². The molecule has 4 rings (SSSR count). The normalized spacial score (nSPS) is 23.4. The third-order valence-electron chi connectivity index (χ3n) is 5.90. The predicted octanol–water partition coefficient (Wildman–Crippen LogP) is 1.36. The van der Waals surface area contributed by atoms with Gasteiger partial charge in [-0.05, 0) is 48.7 Å². The summed E-state index contributed by atoms with van der Waals surface area (Å²) in [7, 11) is 0. The topological polar surface area (TPSA) is 74.6 Å². The zero-order valence-electron chi connectivity index (χ0n) is 15.5. The van der Waals surface area contributed by atoms with E-state index in [1.807, 2.05) is 0 Å². The minimum Gasteiger partial charge on any atom is -0.396 e. The lowest BCUT2D eigenvalue weighted by atomic mass is 9.82. The number of pyridine rings is 1. The van der Waals surface area contributed by atoms with Crippen LogP contribution in [-0.2, 0) is 0 Å². The van der Waals surface area contributed by atoms with Gasteiger partial charge in [-0.2, -0.15) is 0 Å². The number of aromatic nitrogens is 1. The van der Waals surface area contributed by atoms with Gasteiger partial charge in [0, 0.05) is 43.5 Å². The van der Waals surface area contributed by atoms with E-state index in [2.05, 4.69) is 5.32 Å². The third kappa shape index (κ3) is 3.23. The molecule has 2 N–H and O–H groups in total. The molecule has 8 heteroatoms. The number of halogens is 2. The largest absolute Gasteiger partial charge is 0.396 e. The number of amides is 1. The Kier molecular flexibility index (Phi) is 5.61. The first kappa shape index (κ1) is 20.5. The highest BCUT2D eigenvalue weighted by Crippen LogP contribution is 2.38. The van der Waals surface area contributed by atoms with E-state index in [0.717, 1.165) is 6.54 Å². The van der Waals surface area contributed by atoms with Gasteiger partial charge in [0.15, 0.2) is 0 Å². The van der Waals surface area contributed by atoms with Crippen molar-refractivity contribution < 1.29 is 14.3 Å². The highest BCUT2D eigenvalue weighted by atomic mass is 35.5. The maximum atomic E-state index is 13.2. The number of aliphatic hydroxyl groups excluding tert-OH is 1. The number of aliphatic hydroxyl groups is 1. The first-order chi connectivity index (χ1) is 12.9. The first-order valence-corrected chi connectivity index (χ1v) is 9.04. The van der Waals surface area contributed by atoms with Gasteiger partial charge >= 0.3 is 0 Å². The molecule has 0 spiro atoms. The molecular weight excluding hydrogens is 385 g/mol. The number of hydrogen-bond donors (Lipinski definition) is 2. The monoisotopic (exact) mass is 407 g/mol. The van der Waals surface area contributed by atoms with Gasteiger partial charge in [0.25, 0.3) is 11.5 Å². The number of nitrogens with zero attached hydrogens (tertiary/aromatic N) is 2. The van der Waals surface area contributed by atoms with Crippen LogP contribution in [0.5, 0.6) is 0 Å². The van der Waals surface area contributed by atoms with Gasteiger partial charge in [0.1, 0.15) is 11.4 Å². The second-order valence-corrected chi connectivity index (χ2v) is 7.56. The van der Waals surface area contributed by atoms with Crippen LogP contribution >= 0.6 is 12.4 Å². The molecule has 0 saturated carbocycles. The summed E-state index contributed by atoms with van der Waals surface area (Å²) >= 11 is 0. The van der Waals surface area contributed by atoms with Crippen LogP contribution in [0, 0.1) is 24.1 Å². The van der Waals surface area contributed by atoms with Crippen molar-refractivity contribution in [1.82, 2.24) is 14.8 Å². The van der Waals surface area contributed by atoms with Gasteiger partial charge in [-0.1, -0.05) is 0 Å². The molecule has 0 radical (unpaired) electrons. The van der Waals surface area contributed by atoms with Gasteiger partial charge < -0.3 is 15.3 Å². The number of carbonyl (C=O) groups is 1. The average molecular weight is 408 g/mol. The van der Waals surface area contributed by atoms with Crippen LogP contribution in [0.2, 0.25) is 0 Å². The molecule has 2 aromatic rings. The third-order valence-corrected chi connectivity index (χ3v) is 5.90. The van der Waals surface area contributed by atoms with Crippen LogP contribution in [0.15, 0.2) is 41.3 Å². The van der Waals surface area contributed by atoms with E-state index in [9.17, 15) is 19.1 Å². The highest BCUT2D eigenvalue weighted by molar-refractivity contribution is 5.95. The number of benzene rings is 1. The molecule has 2 aliphatic heterocycles. The summed E-state index contributed by atoms with van der Waals surface area (Å²) < 4.78 is 14.5. The summed E-state index contributed by atoms with van der Waals surface area (Å²) in [6.45, 7) is 4.15. The molecule has 1 amide bonds. The highest BCUT2D eigenvalue weighted by Gasteiger charge is 2.50. The fourth-order valence-corrected chi connectivity index (χ4v) is 4.25. The Bertz CT molecular complexity index is 947. The lowest BCUT2D eigenvalue weighted by Gasteiger charge is -2.25. The number of rotatable bonds is 3. The van der Waals surface area contributed by atoms with Crippen LogP contribution < -0.4 is 10.9 Å². The summed E-state index contributed by atoms with van der Waals surface area (Å²) in [5.41, 5.74) is 0.498. The number of likely N-dealkylation sites (tertiary alicyclic amines) is 1. The van der Waals surface area contributed by atoms with Crippen molar-refractivity contribution in [2.75, 3.05) is 32.8 Å². The van der Waals surface area contributed by atoms with Crippen molar-refractivity contribution >= 4 is 18.3 Å². The summed E-state index contributed by atoms with van der Waals surface area (Å²) in [4.78, 5) is 27.9. The second kappa shape index (κ2) is 7.66. The van der Waals surface area contributed by atoms with Crippen molar-refractivity contribution in [2.24, 2.45) is 11.3 Å². The van der Waals surface area contributed by atoms with E-state index in [0.29, 0.717) is 30.9 Å². The van der Waals surface area contributed by atoms with E-state index >= 15 is 0 Å². The molecule has 2 saturated heterocycles. The Morgan fingerprint density at radius 3 is 2.68 bits per heavy atom. The summed E-state index contributed by atoms with van der Waals surface area (Å²) in [6, 6.07) is 7.30. The van der Waals surface area contributed by atoms with Gasteiger partial charge in [-0.3, -0.25) is 14.2 Å². The SMILES string of the molecule is Cc1ccn(-c2ccc(F)cc2)c(=O)c1C(=O)N1C[C@@H]2CNC[C@]2(CO)C1.Cl. The van der Waals surface area contributed by atoms with Crippen molar-refractivity contribution in [2.45, 2.75) is 6.92 Å². The minimum absolute atomic E-state index is 0. The van der Waals surface area contributed by atoms with E-state index in [1.165, 1.54) is 28.8 Å². The molecule has 1 aromatic carbocycles. The molecule has 0 unspecified atom stereocenters.